The molecule has 3 N–H and O–H groups in total. The van der Waals surface area contributed by atoms with E-state index < -0.39 is 10.2 Å². The summed E-state index contributed by atoms with van der Waals surface area (Å²) < 4.78 is 25.2. The summed E-state index contributed by atoms with van der Waals surface area (Å²) in [6.45, 7) is 0.337. The van der Waals surface area contributed by atoms with E-state index >= 15 is 0 Å². The smallest absolute Gasteiger partial charge is 0.279 e. The summed E-state index contributed by atoms with van der Waals surface area (Å²) in [4.78, 5) is 4.17. The molecule has 0 aliphatic rings. The zero-order valence-corrected chi connectivity index (χ0v) is 7.39. The molecule has 6 nitrogen and oxygen atoms in total. The minimum Gasteiger partial charge on any atom is -0.303 e. The summed E-state index contributed by atoms with van der Waals surface area (Å²) in [6.07, 6.45) is 0. The minimum absolute atomic E-state index is 0.160. The molecule has 0 spiro atoms. The first-order chi connectivity index (χ1) is 5.00. The molecule has 0 aromatic carbocycles. The zero-order valence-electron chi connectivity index (χ0n) is 6.57. The van der Waals surface area contributed by atoms with E-state index in [0.717, 1.165) is 4.31 Å². The van der Waals surface area contributed by atoms with Crippen molar-refractivity contribution >= 4 is 10.2 Å². The fourth-order valence-electron chi connectivity index (χ4n) is 0.359. The maximum absolute atomic E-state index is 10.9. The number of hydrogen-bond donors (Lipinski definition) is 2. The molecule has 0 saturated carbocycles. The Bertz CT molecular complexity index is 189. The van der Waals surface area contributed by atoms with Crippen LogP contribution >= 0.6 is 0 Å². The van der Waals surface area contributed by atoms with Crippen LogP contribution in [0.4, 0.5) is 0 Å². The van der Waals surface area contributed by atoms with Gasteiger partial charge in [-0.05, 0) is 0 Å². The van der Waals surface area contributed by atoms with Crippen LogP contribution in [0.5, 0.6) is 0 Å². The first-order valence-electron chi connectivity index (χ1n) is 2.99. The molecule has 0 bridgehead atoms. The quantitative estimate of drug-likeness (QED) is 0.392. The van der Waals surface area contributed by atoms with Gasteiger partial charge >= 0.3 is 0 Å². The van der Waals surface area contributed by atoms with Gasteiger partial charge in [0.25, 0.3) is 10.2 Å². The van der Waals surface area contributed by atoms with Crippen molar-refractivity contribution in [2.45, 2.75) is 0 Å². The van der Waals surface area contributed by atoms with Crippen LogP contribution < -0.4 is 10.6 Å². The van der Waals surface area contributed by atoms with Crippen LogP contribution in [0.1, 0.15) is 0 Å². The standard InChI is InChI=1S/C4H13N3O3S/c1-7(2)11(8,9)6-3-4-10-5/h6H,3-5H2,1-2H3. The Balaban J connectivity index is 3.75. The highest BCUT2D eigenvalue weighted by Gasteiger charge is 2.10. The third kappa shape index (κ3) is 4.27. The van der Waals surface area contributed by atoms with Crippen LogP contribution in [0.3, 0.4) is 0 Å². The van der Waals surface area contributed by atoms with E-state index in [1.54, 1.807) is 0 Å². The zero-order chi connectivity index (χ0) is 8.91. The van der Waals surface area contributed by atoms with Crippen molar-refractivity contribution < 1.29 is 13.3 Å². The molecule has 0 radical (unpaired) electrons. The van der Waals surface area contributed by atoms with E-state index in [-0.39, 0.29) is 13.2 Å². The largest absolute Gasteiger partial charge is 0.303 e. The lowest BCUT2D eigenvalue weighted by Gasteiger charge is -2.11. The van der Waals surface area contributed by atoms with Gasteiger partial charge in [0.15, 0.2) is 0 Å². The molecule has 0 atom stereocenters. The van der Waals surface area contributed by atoms with Crippen LogP contribution in [-0.2, 0) is 15.0 Å². The molecule has 0 rings (SSSR count). The van der Waals surface area contributed by atoms with Crippen molar-refractivity contribution in [1.82, 2.24) is 9.03 Å². The summed E-state index contributed by atoms with van der Waals surface area (Å²) in [5, 5.41) is 0. The summed E-state index contributed by atoms with van der Waals surface area (Å²) in [7, 11) is -0.450. The molecule has 0 heterocycles. The Labute approximate surface area is 66.4 Å². The number of nitrogens with zero attached hydrogens (tertiary/aromatic N) is 1. The van der Waals surface area contributed by atoms with Gasteiger partial charge in [0, 0.05) is 20.6 Å². The van der Waals surface area contributed by atoms with E-state index in [1.807, 2.05) is 0 Å². The van der Waals surface area contributed by atoms with Gasteiger partial charge in [-0.1, -0.05) is 0 Å². The highest BCUT2D eigenvalue weighted by Crippen LogP contribution is 1.85. The van der Waals surface area contributed by atoms with Gasteiger partial charge in [-0.3, -0.25) is 0 Å². The second kappa shape index (κ2) is 4.62. The lowest BCUT2D eigenvalue weighted by molar-refractivity contribution is 0.143. The van der Waals surface area contributed by atoms with Crippen LogP contribution in [0, 0.1) is 0 Å². The SMILES string of the molecule is CN(C)S(=O)(=O)NCCON. The van der Waals surface area contributed by atoms with Crippen molar-refractivity contribution in [1.29, 1.82) is 0 Å². The van der Waals surface area contributed by atoms with Gasteiger partial charge < -0.3 is 4.84 Å². The first kappa shape index (κ1) is 10.8. The van der Waals surface area contributed by atoms with Gasteiger partial charge in [0.1, 0.15) is 0 Å². The Morgan fingerprint density at radius 2 is 2.09 bits per heavy atom. The lowest BCUT2D eigenvalue weighted by Crippen LogP contribution is -2.37. The maximum Gasteiger partial charge on any atom is 0.279 e. The van der Waals surface area contributed by atoms with E-state index in [0.29, 0.717) is 0 Å². The van der Waals surface area contributed by atoms with E-state index in [4.69, 9.17) is 0 Å². The molecule has 7 heteroatoms. The molecule has 0 saturated heterocycles. The molecule has 0 amide bonds. The molecule has 68 valence electrons. The average molecular weight is 183 g/mol. The molecule has 0 aromatic heterocycles. The predicted molar refractivity (Wildman–Crippen MR) is 40.7 cm³/mol. The number of hydrogen-bond acceptors (Lipinski definition) is 4. The minimum atomic E-state index is -3.32. The lowest BCUT2D eigenvalue weighted by atomic mass is 10.8. The molecule has 0 aliphatic heterocycles. The van der Waals surface area contributed by atoms with Crippen molar-refractivity contribution in [3.05, 3.63) is 0 Å². The average Bonchev–Trinajstić information content (AvgIpc) is 1.88. The summed E-state index contributed by atoms with van der Waals surface area (Å²) in [5.74, 6) is 4.69. The van der Waals surface area contributed by atoms with Crippen LogP contribution in [0.25, 0.3) is 0 Å². The Morgan fingerprint density at radius 3 is 2.45 bits per heavy atom. The Kier molecular flexibility index (Phi) is 4.54. The maximum atomic E-state index is 10.9. The molecule has 0 unspecified atom stereocenters. The van der Waals surface area contributed by atoms with Gasteiger partial charge in [0.2, 0.25) is 0 Å². The third-order valence-corrected chi connectivity index (χ3v) is 2.52. The normalized spacial score (nSPS) is 12.4. The number of nitrogens with one attached hydrogen (secondary N) is 1. The fourth-order valence-corrected chi connectivity index (χ4v) is 0.958. The second-order valence-electron chi connectivity index (χ2n) is 2.05. The van der Waals surface area contributed by atoms with Gasteiger partial charge in [0.05, 0.1) is 6.61 Å². The van der Waals surface area contributed by atoms with Gasteiger partial charge in [-0.25, -0.2) is 5.90 Å². The Hall–Kier alpha value is -0.210. The number of rotatable bonds is 5. The highest BCUT2D eigenvalue weighted by atomic mass is 32.2. The summed E-state index contributed by atoms with van der Waals surface area (Å²) in [6, 6.07) is 0. The topological polar surface area (TPSA) is 84.7 Å². The molecule has 11 heavy (non-hydrogen) atoms. The molecule has 0 aromatic rings. The highest BCUT2D eigenvalue weighted by molar-refractivity contribution is 7.87. The molecule has 0 aliphatic carbocycles. The van der Waals surface area contributed by atoms with E-state index in [2.05, 4.69) is 15.5 Å². The fraction of sp³-hybridized carbons (Fsp3) is 1.00. The second-order valence-corrected chi connectivity index (χ2v) is 4.02. The third-order valence-electron chi connectivity index (χ3n) is 0.985. The van der Waals surface area contributed by atoms with Crippen molar-refractivity contribution in [3.63, 3.8) is 0 Å². The molecule has 0 fully saturated rings. The monoisotopic (exact) mass is 183 g/mol. The Morgan fingerprint density at radius 1 is 1.55 bits per heavy atom. The van der Waals surface area contributed by atoms with Crippen LogP contribution in [-0.4, -0.2) is 40.0 Å². The summed E-state index contributed by atoms with van der Waals surface area (Å²) in [5.41, 5.74) is 0. The predicted octanol–water partition coefficient (Wildman–Crippen LogP) is -1.73. The van der Waals surface area contributed by atoms with Crippen molar-refractivity contribution in [2.24, 2.45) is 5.90 Å². The van der Waals surface area contributed by atoms with E-state index in [9.17, 15) is 8.42 Å². The van der Waals surface area contributed by atoms with Crippen LogP contribution in [0.2, 0.25) is 0 Å². The molecular weight excluding hydrogens is 170 g/mol. The molecular formula is C4H13N3O3S. The van der Waals surface area contributed by atoms with E-state index in [1.165, 1.54) is 14.1 Å². The van der Waals surface area contributed by atoms with Crippen molar-refractivity contribution in [2.75, 3.05) is 27.2 Å². The summed E-state index contributed by atoms with van der Waals surface area (Å²) >= 11 is 0. The van der Waals surface area contributed by atoms with Gasteiger partial charge in [-0.2, -0.15) is 17.4 Å². The van der Waals surface area contributed by atoms with Crippen molar-refractivity contribution in [3.8, 4) is 0 Å². The number of nitrogens with two attached hydrogens (primary N) is 1. The first-order valence-corrected chi connectivity index (χ1v) is 4.43. The van der Waals surface area contributed by atoms with Gasteiger partial charge in [-0.15, -0.1) is 0 Å². The van der Waals surface area contributed by atoms with Crippen LogP contribution in [0.15, 0.2) is 0 Å².